The van der Waals surface area contributed by atoms with Gasteiger partial charge in [0.05, 0.1) is 35.5 Å². The normalized spacial score (nSPS) is 16.8. The monoisotopic (exact) mass is 759 g/mol. The van der Waals surface area contributed by atoms with E-state index in [0.29, 0.717) is 61.8 Å². The second-order valence-corrected chi connectivity index (χ2v) is 15.1. The molecular formula is C47H45N5O5. The van der Waals surface area contributed by atoms with E-state index in [9.17, 15) is 9.59 Å². The van der Waals surface area contributed by atoms with Crippen LogP contribution in [0.5, 0.6) is 5.75 Å². The molecule has 3 aliphatic rings. The highest BCUT2D eigenvalue weighted by molar-refractivity contribution is 6.14. The van der Waals surface area contributed by atoms with Crippen molar-refractivity contribution in [2.24, 2.45) is 0 Å². The smallest absolute Gasteiger partial charge is 0.410 e. The Morgan fingerprint density at radius 1 is 0.737 bits per heavy atom. The summed E-state index contributed by atoms with van der Waals surface area (Å²) in [6.45, 7) is 4.99. The maximum Gasteiger partial charge on any atom is 0.415 e. The summed E-state index contributed by atoms with van der Waals surface area (Å²) in [7, 11) is 1.79. The number of aromatic nitrogens is 1. The van der Waals surface area contributed by atoms with Gasteiger partial charge < -0.3 is 28.7 Å². The third-order valence-corrected chi connectivity index (χ3v) is 11.6. The summed E-state index contributed by atoms with van der Waals surface area (Å²) in [5.41, 5.74) is 7.74. The summed E-state index contributed by atoms with van der Waals surface area (Å²) in [6.07, 6.45) is 2.78. The van der Waals surface area contributed by atoms with E-state index in [-0.39, 0.29) is 17.9 Å². The summed E-state index contributed by atoms with van der Waals surface area (Å²) in [6, 6.07) is 39.0. The number of hydrogen-bond acceptors (Lipinski definition) is 6. The molecule has 0 N–H and O–H groups in total. The quantitative estimate of drug-likeness (QED) is 0.169. The SMILES string of the molecule is CN(C(=O)c1cn(-c2cc3c(cc2C(=O)N2Cc4ccccc4C[C@H]2CN2CCOCC2)CN(C(=O)Oc2ccccc2)CC3)c2ccccc12)c1ccccc1. The van der Waals surface area contributed by atoms with Crippen molar-refractivity contribution in [3.05, 3.63) is 161 Å². The third-order valence-electron chi connectivity index (χ3n) is 11.6. The Kier molecular flexibility index (Phi) is 10.0. The minimum Gasteiger partial charge on any atom is -0.410 e. The van der Waals surface area contributed by atoms with E-state index in [1.165, 1.54) is 5.56 Å². The summed E-state index contributed by atoms with van der Waals surface area (Å²) in [4.78, 5) is 50.9. The van der Waals surface area contributed by atoms with E-state index in [0.717, 1.165) is 59.3 Å². The van der Waals surface area contributed by atoms with Crippen LogP contribution in [-0.2, 0) is 30.7 Å². The lowest BCUT2D eigenvalue weighted by atomic mass is 9.91. The van der Waals surface area contributed by atoms with E-state index >= 15 is 4.79 Å². The highest BCUT2D eigenvalue weighted by Gasteiger charge is 2.35. The third kappa shape index (κ3) is 7.30. The van der Waals surface area contributed by atoms with Crippen LogP contribution in [0.1, 0.15) is 43.0 Å². The van der Waals surface area contributed by atoms with Crippen LogP contribution in [0.3, 0.4) is 0 Å². The maximum atomic E-state index is 15.5. The molecule has 10 nitrogen and oxygen atoms in total. The number of carbonyl (C=O) groups is 3. The Balaban J connectivity index is 1.14. The minimum atomic E-state index is -0.427. The first-order chi connectivity index (χ1) is 27.9. The number of nitrogens with zero attached hydrogens (tertiary/aromatic N) is 5. The van der Waals surface area contributed by atoms with Crippen molar-refractivity contribution in [2.45, 2.75) is 32.0 Å². The predicted octanol–water partition coefficient (Wildman–Crippen LogP) is 7.36. The molecule has 1 fully saturated rings. The molecule has 3 aliphatic heterocycles. The number of carbonyl (C=O) groups excluding carboxylic acids is 3. The van der Waals surface area contributed by atoms with E-state index in [2.05, 4.69) is 29.2 Å². The Hall–Kier alpha value is -6.23. The molecule has 0 bridgehead atoms. The van der Waals surface area contributed by atoms with Crippen LogP contribution >= 0.6 is 0 Å². The van der Waals surface area contributed by atoms with Gasteiger partial charge in [-0.25, -0.2) is 4.79 Å². The molecule has 0 radical (unpaired) electrons. The van der Waals surface area contributed by atoms with Crippen molar-refractivity contribution in [2.75, 3.05) is 51.3 Å². The average Bonchev–Trinajstić information content (AvgIpc) is 3.65. The predicted molar refractivity (Wildman–Crippen MR) is 220 cm³/mol. The van der Waals surface area contributed by atoms with Crippen LogP contribution in [0, 0.1) is 0 Å². The minimum absolute atomic E-state index is 0.0650. The van der Waals surface area contributed by atoms with Gasteiger partial charge >= 0.3 is 6.09 Å². The summed E-state index contributed by atoms with van der Waals surface area (Å²) >= 11 is 0. The van der Waals surface area contributed by atoms with E-state index in [1.807, 2.05) is 101 Å². The van der Waals surface area contributed by atoms with Crippen molar-refractivity contribution in [1.82, 2.24) is 19.3 Å². The number of ether oxygens (including phenoxy) is 2. The van der Waals surface area contributed by atoms with E-state index in [1.54, 1.807) is 29.0 Å². The number of fused-ring (bicyclic) bond motifs is 3. The molecule has 57 heavy (non-hydrogen) atoms. The van der Waals surface area contributed by atoms with Crippen LogP contribution in [-0.4, -0.2) is 89.7 Å². The molecule has 0 unspecified atom stereocenters. The molecule has 3 amide bonds. The van der Waals surface area contributed by atoms with Gasteiger partial charge in [0.2, 0.25) is 0 Å². The summed E-state index contributed by atoms with van der Waals surface area (Å²) in [5, 5.41) is 0.799. The molecule has 10 heteroatoms. The zero-order valence-electron chi connectivity index (χ0n) is 32.1. The number of hydrogen-bond donors (Lipinski definition) is 0. The Bertz CT molecular complexity index is 2440. The largest absolute Gasteiger partial charge is 0.415 e. The number of para-hydroxylation sites is 3. The van der Waals surface area contributed by atoms with Crippen LogP contribution in [0.25, 0.3) is 16.6 Å². The van der Waals surface area contributed by atoms with Gasteiger partial charge in [0.1, 0.15) is 5.75 Å². The lowest BCUT2D eigenvalue weighted by Crippen LogP contribution is -2.52. The second-order valence-electron chi connectivity index (χ2n) is 15.1. The van der Waals surface area contributed by atoms with E-state index < -0.39 is 6.09 Å². The Morgan fingerprint density at radius 3 is 2.23 bits per heavy atom. The Morgan fingerprint density at radius 2 is 1.44 bits per heavy atom. The number of morpholine rings is 1. The average molecular weight is 760 g/mol. The highest BCUT2D eigenvalue weighted by atomic mass is 16.6. The van der Waals surface area contributed by atoms with Gasteiger partial charge in [-0.3, -0.25) is 14.5 Å². The fourth-order valence-electron chi connectivity index (χ4n) is 8.50. The molecule has 6 aromatic rings. The standard InChI is InChI=1S/C47H45N5O5/c1-48(37-14-4-2-5-15-37)45(53)42-32-52(43-19-11-10-18-40(42)43)44-28-34-20-21-50(47(55)57-39-16-6-3-7-17-39)29-36(34)27-41(44)46(54)51-30-35-13-9-8-12-33(35)26-38(51)31-49-22-24-56-25-23-49/h2-19,27-28,32,38H,20-26,29-31H2,1H3/t38-/m0/s1. The maximum absolute atomic E-state index is 15.5. The van der Waals surface area contributed by atoms with Gasteiger partial charge in [-0.2, -0.15) is 0 Å². The first-order valence-corrected chi connectivity index (χ1v) is 19.7. The zero-order chi connectivity index (χ0) is 38.9. The second kappa shape index (κ2) is 15.7. The van der Waals surface area contributed by atoms with E-state index in [4.69, 9.17) is 9.47 Å². The van der Waals surface area contributed by atoms with Crippen molar-refractivity contribution < 1.29 is 23.9 Å². The molecule has 1 saturated heterocycles. The Labute approximate surface area is 332 Å². The van der Waals surface area contributed by atoms with Crippen molar-refractivity contribution in [1.29, 1.82) is 0 Å². The molecular weight excluding hydrogens is 715 g/mol. The van der Waals surface area contributed by atoms with Crippen LogP contribution in [0.2, 0.25) is 0 Å². The molecule has 0 aliphatic carbocycles. The molecule has 1 aromatic heterocycles. The summed E-state index contributed by atoms with van der Waals surface area (Å²) < 4.78 is 13.4. The molecule has 0 saturated carbocycles. The topological polar surface area (TPSA) is 87.6 Å². The van der Waals surface area contributed by atoms with Crippen LogP contribution in [0.4, 0.5) is 10.5 Å². The molecule has 9 rings (SSSR count). The lowest BCUT2D eigenvalue weighted by molar-refractivity contribution is 0.0193. The zero-order valence-corrected chi connectivity index (χ0v) is 32.1. The van der Waals surface area contributed by atoms with Crippen molar-refractivity contribution in [3.63, 3.8) is 0 Å². The first-order valence-electron chi connectivity index (χ1n) is 19.7. The van der Waals surface area contributed by atoms with Crippen molar-refractivity contribution >= 4 is 34.5 Å². The van der Waals surface area contributed by atoms with Gasteiger partial charge in [0.15, 0.2) is 0 Å². The molecule has 5 aromatic carbocycles. The molecule has 0 spiro atoms. The molecule has 1 atom stereocenters. The van der Waals surface area contributed by atoms with Gasteiger partial charge in [-0.15, -0.1) is 0 Å². The fraction of sp³-hybridized carbons (Fsp3) is 0.255. The van der Waals surface area contributed by atoms with Crippen LogP contribution < -0.4 is 9.64 Å². The number of anilines is 1. The van der Waals surface area contributed by atoms with Gasteiger partial charge in [0.25, 0.3) is 11.8 Å². The van der Waals surface area contributed by atoms with Gasteiger partial charge in [0, 0.05) is 69.6 Å². The number of rotatable bonds is 7. The highest BCUT2D eigenvalue weighted by Crippen LogP contribution is 2.34. The van der Waals surface area contributed by atoms with Gasteiger partial charge in [-0.1, -0.05) is 78.9 Å². The number of amides is 3. The van der Waals surface area contributed by atoms with Crippen LogP contribution in [0.15, 0.2) is 128 Å². The molecule has 288 valence electrons. The van der Waals surface area contributed by atoms with Gasteiger partial charge in [-0.05, 0) is 77.6 Å². The summed E-state index contributed by atoms with van der Waals surface area (Å²) in [5.74, 6) is 0.253. The lowest BCUT2D eigenvalue weighted by Gasteiger charge is -2.41. The molecule has 4 heterocycles. The first kappa shape index (κ1) is 36.4. The van der Waals surface area contributed by atoms with Crippen molar-refractivity contribution in [3.8, 4) is 11.4 Å². The number of benzene rings is 5. The fourth-order valence-corrected chi connectivity index (χ4v) is 8.50.